The lowest BCUT2D eigenvalue weighted by molar-refractivity contribution is -0.128. The van der Waals surface area contributed by atoms with Crippen molar-refractivity contribution >= 4 is 5.91 Å². The first-order chi connectivity index (χ1) is 5.38. The van der Waals surface area contributed by atoms with Gasteiger partial charge < -0.3 is 10.6 Å². The molecule has 3 nitrogen and oxygen atoms in total. The van der Waals surface area contributed by atoms with Crippen molar-refractivity contribution in [1.82, 2.24) is 10.6 Å². The van der Waals surface area contributed by atoms with Crippen molar-refractivity contribution < 1.29 is 4.79 Å². The summed E-state index contributed by atoms with van der Waals surface area (Å²) in [6, 6.07) is 0.470. The molecule has 0 bridgehead atoms. The van der Waals surface area contributed by atoms with Crippen molar-refractivity contribution in [2.45, 2.75) is 25.3 Å². The van der Waals surface area contributed by atoms with Crippen LogP contribution < -0.4 is 10.6 Å². The molecule has 0 aromatic carbocycles. The van der Waals surface area contributed by atoms with Gasteiger partial charge in [0.1, 0.15) is 0 Å². The first kappa shape index (κ1) is 7.10. The van der Waals surface area contributed by atoms with Gasteiger partial charge in [0.2, 0.25) is 5.91 Å². The maximum Gasteiger partial charge on any atom is 0.224 e. The molecule has 0 spiro atoms. The highest BCUT2D eigenvalue weighted by atomic mass is 16.2. The van der Waals surface area contributed by atoms with Crippen LogP contribution in [0.3, 0.4) is 0 Å². The average molecular weight is 154 g/mol. The number of hydrogen-bond acceptors (Lipinski definition) is 2. The molecule has 3 heteroatoms. The fourth-order valence-corrected chi connectivity index (χ4v) is 2.05. The quantitative estimate of drug-likeness (QED) is 0.510. The molecule has 2 heterocycles. The molecule has 2 saturated heterocycles. The molecule has 2 aliphatic rings. The first-order valence-corrected chi connectivity index (χ1v) is 4.39. The zero-order valence-electron chi connectivity index (χ0n) is 6.60. The normalized spacial score (nSPS) is 37.6. The second-order valence-corrected chi connectivity index (χ2v) is 3.39. The van der Waals surface area contributed by atoms with Crippen molar-refractivity contribution in [3.05, 3.63) is 0 Å². The Morgan fingerprint density at radius 2 is 2.18 bits per heavy atom. The molecule has 2 atom stereocenters. The molecule has 0 unspecified atom stereocenters. The number of carbonyl (C=O) groups excluding carboxylic acids is 1. The molecular weight excluding hydrogens is 140 g/mol. The molecule has 0 radical (unpaired) electrons. The van der Waals surface area contributed by atoms with Gasteiger partial charge in [-0.05, 0) is 25.8 Å². The highest BCUT2D eigenvalue weighted by Crippen LogP contribution is 2.21. The molecule has 0 aromatic heterocycles. The zero-order valence-corrected chi connectivity index (χ0v) is 6.60. The Balaban J connectivity index is 2.05. The summed E-state index contributed by atoms with van der Waals surface area (Å²) in [7, 11) is 0. The van der Waals surface area contributed by atoms with E-state index in [2.05, 4.69) is 10.6 Å². The van der Waals surface area contributed by atoms with Crippen LogP contribution in [0.2, 0.25) is 0 Å². The molecule has 1 amide bonds. The van der Waals surface area contributed by atoms with E-state index in [-0.39, 0.29) is 11.8 Å². The smallest absolute Gasteiger partial charge is 0.224 e. The van der Waals surface area contributed by atoms with Crippen LogP contribution in [-0.2, 0) is 4.79 Å². The average Bonchev–Trinajstić information content (AvgIpc) is 2.06. The SMILES string of the molecule is O=C1NCC[C@@H]2NCCC[C@H]12. The van der Waals surface area contributed by atoms with E-state index in [4.69, 9.17) is 0 Å². The highest BCUT2D eigenvalue weighted by Gasteiger charge is 2.33. The second-order valence-electron chi connectivity index (χ2n) is 3.39. The molecule has 0 saturated carbocycles. The summed E-state index contributed by atoms with van der Waals surface area (Å²) in [6.07, 6.45) is 3.33. The van der Waals surface area contributed by atoms with Crippen LogP contribution in [0, 0.1) is 5.92 Å². The lowest BCUT2D eigenvalue weighted by atomic mass is 9.86. The van der Waals surface area contributed by atoms with E-state index < -0.39 is 0 Å². The molecule has 0 aliphatic carbocycles. The molecule has 2 N–H and O–H groups in total. The zero-order chi connectivity index (χ0) is 7.68. The third kappa shape index (κ3) is 1.25. The molecule has 11 heavy (non-hydrogen) atoms. The van der Waals surface area contributed by atoms with Crippen LogP contribution >= 0.6 is 0 Å². The topological polar surface area (TPSA) is 41.1 Å². The summed E-state index contributed by atoms with van der Waals surface area (Å²) < 4.78 is 0. The van der Waals surface area contributed by atoms with E-state index in [9.17, 15) is 4.79 Å². The second kappa shape index (κ2) is 2.81. The van der Waals surface area contributed by atoms with Crippen molar-refractivity contribution in [1.29, 1.82) is 0 Å². The maximum absolute atomic E-state index is 11.3. The standard InChI is InChI=1S/C8H14N2O/c11-8-6-2-1-4-9-7(6)3-5-10-8/h6-7,9H,1-5H2,(H,10,11)/t6-,7-/m0/s1. The fourth-order valence-electron chi connectivity index (χ4n) is 2.05. The fraction of sp³-hybridized carbons (Fsp3) is 0.875. The van der Waals surface area contributed by atoms with Crippen molar-refractivity contribution in [3.8, 4) is 0 Å². The lowest BCUT2D eigenvalue weighted by Gasteiger charge is -2.35. The largest absolute Gasteiger partial charge is 0.356 e. The number of amides is 1. The van der Waals surface area contributed by atoms with Crippen LogP contribution in [0.25, 0.3) is 0 Å². The van der Waals surface area contributed by atoms with E-state index >= 15 is 0 Å². The molecule has 2 fully saturated rings. The molecule has 62 valence electrons. The molecular formula is C8H14N2O. The Labute approximate surface area is 66.5 Å². The number of nitrogens with one attached hydrogen (secondary N) is 2. The predicted molar refractivity (Wildman–Crippen MR) is 42.1 cm³/mol. The van der Waals surface area contributed by atoms with E-state index in [1.54, 1.807) is 0 Å². The summed E-state index contributed by atoms with van der Waals surface area (Å²) in [6.45, 7) is 1.95. The lowest BCUT2D eigenvalue weighted by Crippen LogP contribution is -2.53. The molecule has 0 aromatic rings. The van der Waals surface area contributed by atoms with Crippen molar-refractivity contribution in [2.75, 3.05) is 13.1 Å². The van der Waals surface area contributed by atoms with Crippen LogP contribution in [0.5, 0.6) is 0 Å². The van der Waals surface area contributed by atoms with Crippen LogP contribution in [0.1, 0.15) is 19.3 Å². The van der Waals surface area contributed by atoms with Gasteiger partial charge in [-0.25, -0.2) is 0 Å². The number of hydrogen-bond donors (Lipinski definition) is 2. The number of carbonyl (C=O) groups is 1. The van der Waals surface area contributed by atoms with Gasteiger partial charge in [-0.1, -0.05) is 0 Å². The molecule has 2 aliphatic heterocycles. The Morgan fingerprint density at radius 3 is 3.00 bits per heavy atom. The van der Waals surface area contributed by atoms with Gasteiger partial charge >= 0.3 is 0 Å². The monoisotopic (exact) mass is 154 g/mol. The Kier molecular flexibility index (Phi) is 1.82. The third-order valence-corrected chi connectivity index (χ3v) is 2.68. The van der Waals surface area contributed by atoms with E-state index in [0.29, 0.717) is 6.04 Å². The van der Waals surface area contributed by atoms with E-state index in [1.807, 2.05) is 0 Å². The number of fused-ring (bicyclic) bond motifs is 1. The van der Waals surface area contributed by atoms with Crippen molar-refractivity contribution in [2.24, 2.45) is 5.92 Å². The van der Waals surface area contributed by atoms with Crippen LogP contribution in [0.4, 0.5) is 0 Å². The number of piperidine rings is 2. The van der Waals surface area contributed by atoms with Gasteiger partial charge in [-0.3, -0.25) is 4.79 Å². The minimum absolute atomic E-state index is 0.258. The summed E-state index contributed by atoms with van der Waals surface area (Å²) in [5, 5.41) is 6.29. The maximum atomic E-state index is 11.3. The first-order valence-electron chi connectivity index (χ1n) is 4.39. The summed E-state index contributed by atoms with van der Waals surface area (Å²) in [5.74, 6) is 0.519. The molecule has 2 rings (SSSR count). The van der Waals surface area contributed by atoms with Gasteiger partial charge in [0.15, 0.2) is 0 Å². The third-order valence-electron chi connectivity index (χ3n) is 2.68. The van der Waals surface area contributed by atoms with Crippen molar-refractivity contribution in [3.63, 3.8) is 0 Å². The van der Waals surface area contributed by atoms with Crippen LogP contribution in [0.15, 0.2) is 0 Å². The minimum Gasteiger partial charge on any atom is -0.356 e. The van der Waals surface area contributed by atoms with Gasteiger partial charge in [-0.2, -0.15) is 0 Å². The number of rotatable bonds is 0. The predicted octanol–water partition coefficient (Wildman–Crippen LogP) is -0.126. The van der Waals surface area contributed by atoms with E-state index in [1.165, 1.54) is 0 Å². The van der Waals surface area contributed by atoms with Gasteiger partial charge in [0.25, 0.3) is 0 Å². The summed E-state index contributed by atoms with van der Waals surface area (Å²) in [5.41, 5.74) is 0. The van der Waals surface area contributed by atoms with Crippen LogP contribution in [-0.4, -0.2) is 25.0 Å². The Morgan fingerprint density at radius 1 is 1.27 bits per heavy atom. The minimum atomic E-state index is 0.258. The van der Waals surface area contributed by atoms with E-state index in [0.717, 1.165) is 32.4 Å². The highest BCUT2D eigenvalue weighted by molar-refractivity contribution is 5.80. The van der Waals surface area contributed by atoms with Gasteiger partial charge in [0, 0.05) is 12.6 Å². The summed E-state index contributed by atoms with van der Waals surface area (Å²) in [4.78, 5) is 11.3. The van der Waals surface area contributed by atoms with Gasteiger partial charge in [-0.15, -0.1) is 0 Å². The van der Waals surface area contributed by atoms with Gasteiger partial charge in [0.05, 0.1) is 5.92 Å². The summed E-state index contributed by atoms with van der Waals surface area (Å²) >= 11 is 0. The Bertz CT molecular complexity index is 167. The Hall–Kier alpha value is -0.570.